The molecule has 0 aliphatic carbocycles. The van der Waals surface area contributed by atoms with Gasteiger partial charge in [0.25, 0.3) is 0 Å². The van der Waals surface area contributed by atoms with E-state index in [0.29, 0.717) is 33.4 Å². The van der Waals surface area contributed by atoms with Crippen LogP contribution in [0.15, 0.2) is 67.3 Å². The third kappa shape index (κ3) is 3.66. The largest absolute Gasteiger partial charge is 0.338 e. The molecule has 0 radical (unpaired) electrons. The van der Waals surface area contributed by atoms with Crippen molar-refractivity contribution in [2.45, 2.75) is 5.75 Å². The van der Waals surface area contributed by atoms with E-state index in [2.05, 4.69) is 19.9 Å². The first-order valence-corrected chi connectivity index (χ1v) is 11.6. The van der Waals surface area contributed by atoms with Crippen LogP contribution < -0.4 is 0 Å². The van der Waals surface area contributed by atoms with E-state index in [0.717, 1.165) is 16.5 Å². The van der Waals surface area contributed by atoms with Gasteiger partial charge in [0.05, 0.1) is 29.4 Å². The minimum absolute atomic E-state index is 0.111. The summed E-state index contributed by atoms with van der Waals surface area (Å²) in [4.78, 5) is 16.0. The fourth-order valence-corrected chi connectivity index (χ4v) is 4.59. The van der Waals surface area contributed by atoms with Crippen molar-refractivity contribution in [2.75, 3.05) is 6.26 Å². The standard InChI is InChI=1S/C23H17FN4O2S/c1-31(29,30)13-14-4-2-5-15(8-14)21-18(24)11-27-23-22(21)17-9-19(26-12-20(17)28-23)16-6-3-7-25-10-16/h2-12H,13H2,1H3,(H,27,28). The molecular formula is C23H17FN4O2S. The number of nitrogens with one attached hydrogen (secondary N) is 1. The van der Waals surface area contributed by atoms with Gasteiger partial charge in [0.1, 0.15) is 11.5 Å². The quantitative estimate of drug-likeness (QED) is 0.451. The van der Waals surface area contributed by atoms with Gasteiger partial charge >= 0.3 is 0 Å². The van der Waals surface area contributed by atoms with Crippen molar-refractivity contribution >= 4 is 31.8 Å². The molecule has 0 aliphatic heterocycles. The van der Waals surface area contributed by atoms with Crippen molar-refractivity contribution in [3.05, 3.63) is 78.6 Å². The van der Waals surface area contributed by atoms with E-state index in [-0.39, 0.29) is 5.75 Å². The number of aromatic amines is 1. The van der Waals surface area contributed by atoms with Gasteiger partial charge in [0.15, 0.2) is 9.84 Å². The van der Waals surface area contributed by atoms with E-state index >= 15 is 4.39 Å². The van der Waals surface area contributed by atoms with Crippen LogP contribution in [0.3, 0.4) is 0 Å². The first-order chi connectivity index (χ1) is 14.9. The van der Waals surface area contributed by atoms with Crippen molar-refractivity contribution in [3.63, 3.8) is 0 Å². The van der Waals surface area contributed by atoms with Crippen LogP contribution in [0.25, 0.3) is 44.3 Å². The maximum Gasteiger partial charge on any atom is 0.151 e. The van der Waals surface area contributed by atoms with E-state index in [4.69, 9.17) is 0 Å². The first-order valence-electron chi connectivity index (χ1n) is 9.52. The molecule has 0 atom stereocenters. The molecule has 0 bridgehead atoms. The number of aromatic nitrogens is 4. The zero-order valence-electron chi connectivity index (χ0n) is 16.5. The molecule has 1 aromatic carbocycles. The summed E-state index contributed by atoms with van der Waals surface area (Å²) in [6.07, 6.45) is 7.45. The lowest BCUT2D eigenvalue weighted by Crippen LogP contribution is -2.00. The summed E-state index contributed by atoms with van der Waals surface area (Å²) >= 11 is 0. The molecule has 6 nitrogen and oxygen atoms in total. The Morgan fingerprint density at radius 3 is 2.61 bits per heavy atom. The lowest BCUT2D eigenvalue weighted by molar-refractivity contribution is 0.601. The average Bonchev–Trinajstić information content (AvgIpc) is 3.11. The molecule has 5 aromatic rings. The van der Waals surface area contributed by atoms with Gasteiger partial charge in [-0.2, -0.15) is 0 Å². The van der Waals surface area contributed by atoms with E-state index < -0.39 is 15.7 Å². The Bertz CT molecular complexity index is 1550. The molecule has 0 amide bonds. The topological polar surface area (TPSA) is 88.6 Å². The van der Waals surface area contributed by atoms with Crippen molar-refractivity contribution < 1.29 is 12.8 Å². The maximum atomic E-state index is 15.1. The highest BCUT2D eigenvalue weighted by atomic mass is 32.2. The zero-order valence-corrected chi connectivity index (χ0v) is 17.3. The minimum Gasteiger partial charge on any atom is -0.338 e. The molecule has 154 valence electrons. The first kappa shape index (κ1) is 19.3. The van der Waals surface area contributed by atoms with E-state index in [1.165, 1.54) is 12.5 Å². The molecule has 4 aromatic heterocycles. The Balaban J connectivity index is 1.77. The second-order valence-electron chi connectivity index (χ2n) is 7.46. The van der Waals surface area contributed by atoms with Crippen LogP contribution in [-0.4, -0.2) is 34.6 Å². The number of hydrogen-bond acceptors (Lipinski definition) is 5. The smallest absolute Gasteiger partial charge is 0.151 e. The molecule has 31 heavy (non-hydrogen) atoms. The Kier molecular flexibility index (Phi) is 4.51. The fraction of sp³-hybridized carbons (Fsp3) is 0.0870. The molecule has 0 spiro atoms. The molecule has 0 saturated carbocycles. The van der Waals surface area contributed by atoms with E-state index in [9.17, 15) is 8.42 Å². The van der Waals surface area contributed by atoms with Crippen molar-refractivity contribution in [1.29, 1.82) is 0 Å². The van der Waals surface area contributed by atoms with Crippen LogP contribution in [-0.2, 0) is 15.6 Å². The third-order valence-corrected chi connectivity index (χ3v) is 5.92. The Morgan fingerprint density at radius 2 is 1.84 bits per heavy atom. The van der Waals surface area contributed by atoms with Crippen LogP contribution in [0.2, 0.25) is 0 Å². The van der Waals surface area contributed by atoms with Gasteiger partial charge in [-0.3, -0.25) is 9.97 Å². The third-order valence-electron chi connectivity index (χ3n) is 5.06. The van der Waals surface area contributed by atoms with Gasteiger partial charge in [-0.15, -0.1) is 0 Å². The number of hydrogen-bond donors (Lipinski definition) is 1. The van der Waals surface area contributed by atoms with Crippen molar-refractivity contribution in [3.8, 4) is 22.4 Å². The van der Waals surface area contributed by atoms with Gasteiger partial charge < -0.3 is 4.98 Å². The molecule has 1 N–H and O–H groups in total. The highest BCUT2D eigenvalue weighted by Crippen LogP contribution is 2.36. The number of halogens is 1. The van der Waals surface area contributed by atoms with Gasteiger partial charge in [-0.1, -0.05) is 24.3 Å². The average molecular weight is 432 g/mol. The summed E-state index contributed by atoms with van der Waals surface area (Å²) in [6, 6.07) is 12.6. The zero-order chi connectivity index (χ0) is 21.6. The summed E-state index contributed by atoms with van der Waals surface area (Å²) in [5.74, 6) is -0.593. The molecular weight excluding hydrogens is 415 g/mol. The summed E-state index contributed by atoms with van der Waals surface area (Å²) in [6.45, 7) is 0. The number of rotatable bonds is 4. The summed E-state index contributed by atoms with van der Waals surface area (Å²) in [7, 11) is -3.22. The van der Waals surface area contributed by atoms with Gasteiger partial charge in [0, 0.05) is 40.5 Å². The van der Waals surface area contributed by atoms with Gasteiger partial charge in [-0.25, -0.2) is 17.8 Å². The Labute approximate surface area is 177 Å². The lowest BCUT2D eigenvalue weighted by atomic mass is 9.99. The highest BCUT2D eigenvalue weighted by Gasteiger charge is 2.18. The number of benzene rings is 1. The second kappa shape index (κ2) is 7.24. The monoisotopic (exact) mass is 432 g/mol. The van der Waals surface area contributed by atoms with Gasteiger partial charge in [-0.05, 0) is 29.3 Å². The van der Waals surface area contributed by atoms with Crippen LogP contribution >= 0.6 is 0 Å². The van der Waals surface area contributed by atoms with E-state index in [1.807, 2.05) is 18.2 Å². The highest BCUT2D eigenvalue weighted by molar-refractivity contribution is 7.89. The number of pyridine rings is 3. The van der Waals surface area contributed by atoms with Gasteiger partial charge in [0.2, 0.25) is 0 Å². The summed E-state index contributed by atoms with van der Waals surface area (Å²) in [5, 5.41) is 1.40. The number of nitrogens with zero attached hydrogens (tertiary/aromatic N) is 3. The minimum atomic E-state index is -3.22. The number of H-pyrrole nitrogens is 1. The van der Waals surface area contributed by atoms with Crippen LogP contribution in [0.5, 0.6) is 0 Å². The Hall–Kier alpha value is -3.65. The van der Waals surface area contributed by atoms with Crippen LogP contribution in [0.1, 0.15) is 5.56 Å². The molecule has 0 aliphatic rings. The number of sulfone groups is 1. The van der Waals surface area contributed by atoms with E-state index in [1.54, 1.807) is 42.9 Å². The molecule has 0 fully saturated rings. The van der Waals surface area contributed by atoms with Crippen molar-refractivity contribution in [1.82, 2.24) is 19.9 Å². The fourth-order valence-electron chi connectivity index (χ4n) is 3.81. The maximum absolute atomic E-state index is 15.1. The predicted octanol–water partition coefficient (Wildman–Crippen LogP) is 4.52. The molecule has 5 rings (SSSR count). The normalized spacial score (nSPS) is 11.9. The Morgan fingerprint density at radius 1 is 1.00 bits per heavy atom. The molecule has 0 saturated heterocycles. The van der Waals surface area contributed by atoms with Crippen LogP contribution in [0.4, 0.5) is 4.39 Å². The molecule has 8 heteroatoms. The SMILES string of the molecule is CS(=O)(=O)Cc1cccc(-c2c(F)cnc3[nH]c4cnc(-c5cccnc5)cc4c23)c1. The lowest BCUT2D eigenvalue weighted by Gasteiger charge is -2.08. The van der Waals surface area contributed by atoms with Crippen molar-refractivity contribution in [2.24, 2.45) is 0 Å². The molecule has 4 heterocycles. The number of fused-ring (bicyclic) bond motifs is 3. The van der Waals surface area contributed by atoms with Crippen LogP contribution in [0, 0.1) is 5.82 Å². The summed E-state index contributed by atoms with van der Waals surface area (Å²) < 4.78 is 38.5. The second-order valence-corrected chi connectivity index (χ2v) is 9.60. The molecule has 0 unspecified atom stereocenters. The summed E-state index contributed by atoms with van der Waals surface area (Å²) in [5.41, 5.74) is 4.38. The predicted molar refractivity (Wildman–Crippen MR) is 119 cm³/mol.